The molecule has 2 amide bonds. The third kappa shape index (κ3) is 4.06. The van der Waals surface area contributed by atoms with Crippen LogP contribution in [0.4, 0.5) is 9.28 Å². The number of carbonyl (C=O) groups excluding carboxylic acids is 2. The van der Waals surface area contributed by atoms with Crippen molar-refractivity contribution >= 4 is 22.0 Å². The number of carbonyl (C=O) groups is 2. The molecular weight excluding hydrogens is 377 g/mol. The first-order valence-electron chi connectivity index (χ1n) is 8.72. The molecule has 0 spiro atoms. The summed E-state index contributed by atoms with van der Waals surface area (Å²) >= 11 is 0. The van der Waals surface area contributed by atoms with Gasteiger partial charge in [0.05, 0.1) is 11.7 Å². The topological polar surface area (TPSA) is 119 Å². The Morgan fingerprint density at radius 1 is 1.33 bits per heavy atom. The minimum absolute atomic E-state index is 0.0135. The molecule has 0 aromatic heterocycles. The monoisotopic (exact) mass is 399 g/mol. The highest BCUT2D eigenvalue weighted by Gasteiger charge is 2.47. The number of cyclic esters (lactones) is 1. The van der Waals surface area contributed by atoms with Crippen LogP contribution in [0, 0.1) is 5.92 Å². The van der Waals surface area contributed by atoms with E-state index in [2.05, 4.69) is 4.72 Å². The molecular formula is C17H22FN3O5S. The zero-order valence-electron chi connectivity index (χ0n) is 14.8. The van der Waals surface area contributed by atoms with Gasteiger partial charge < -0.3 is 10.5 Å². The van der Waals surface area contributed by atoms with Crippen molar-refractivity contribution in [2.45, 2.75) is 37.8 Å². The number of hydrogen-bond donors (Lipinski definition) is 2. The second-order valence-corrected chi connectivity index (χ2v) is 8.90. The molecule has 148 valence electrons. The normalized spacial score (nSPS) is 29.0. The van der Waals surface area contributed by atoms with E-state index in [4.69, 9.17) is 10.5 Å². The summed E-state index contributed by atoms with van der Waals surface area (Å²) in [5, 5.41) is -0.0289. The van der Waals surface area contributed by atoms with E-state index in [9.17, 15) is 22.5 Å². The Balaban J connectivity index is 1.81. The van der Waals surface area contributed by atoms with Gasteiger partial charge in [0.15, 0.2) is 0 Å². The predicted molar refractivity (Wildman–Crippen MR) is 94.5 cm³/mol. The van der Waals surface area contributed by atoms with Gasteiger partial charge in [-0.1, -0.05) is 28.7 Å². The molecule has 1 aromatic carbocycles. The summed E-state index contributed by atoms with van der Waals surface area (Å²) < 4.78 is 45.1. The number of amides is 2. The fraction of sp³-hybridized carbons (Fsp3) is 0.529. The van der Waals surface area contributed by atoms with Crippen LogP contribution in [0.5, 0.6) is 0 Å². The molecule has 4 unspecified atom stereocenters. The van der Waals surface area contributed by atoms with E-state index in [1.807, 2.05) is 0 Å². The Morgan fingerprint density at radius 2 is 1.96 bits per heavy atom. The van der Waals surface area contributed by atoms with E-state index >= 15 is 0 Å². The van der Waals surface area contributed by atoms with E-state index in [1.54, 1.807) is 24.3 Å². The van der Waals surface area contributed by atoms with Crippen molar-refractivity contribution in [1.29, 1.82) is 0 Å². The molecule has 1 aromatic rings. The first kappa shape index (κ1) is 19.6. The van der Waals surface area contributed by atoms with E-state index < -0.39 is 40.1 Å². The van der Waals surface area contributed by atoms with Gasteiger partial charge in [0.1, 0.15) is 12.1 Å². The highest BCUT2D eigenvalue weighted by Crippen LogP contribution is 2.38. The fourth-order valence-corrected chi connectivity index (χ4v) is 4.65. The standard InChI is InChI=1S/C17H22FN3O5S/c1-10(16(19)22)15-14(21(18)17(23)26-15)12-6-4-11(5-7-12)13-3-2-8-27(24,25)20-9-13/h4-7,10,13-15,20H,2-3,8-9H2,1H3,(H2,19,22). The average molecular weight is 399 g/mol. The number of hydrogen-bond acceptors (Lipinski definition) is 5. The van der Waals surface area contributed by atoms with Crippen molar-refractivity contribution in [3.63, 3.8) is 0 Å². The maximum atomic E-state index is 14.3. The van der Waals surface area contributed by atoms with Crippen LogP contribution in [0.2, 0.25) is 0 Å². The second kappa shape index (κ2) is 7.43. The number of nitrogens with one attached hydrogen (secondary N) is 1. The van der Waals surface area contributed by atoms with Gasteiger partial charge >= 0.3 is 6.09 Å². The van der Waals surface area contributed by atoms with Gasteiger partial charge in [-0.15, -0.1) is 5.12 Å². The average Bonchev–Trinajstić information content (AvgIpc) is 2.79. The van der Waals surface area contributed by atoms with Gasteiger partial charge in [-0.25, -0.2) is 17.9 Å². The molecule has 4 atom stereocenters. The number of sulfonamides is 1. The zero-order valence-corrected chi connectivity index (χ0v) is 15.6. The number of nitrogens with zero attached hydrogens (tertiary/aromatic N) is 1. The summed E-state index contributed by atoms with van der Waals surface area (Å²) in [7, 11) is -3.22. The van der Waals surface area contributed by atoms with Crippen molar-refractivity contribution in [3.8, 4) is 0 Å². The Labute approximate surface area is 156 Å². The molecule has 8 nitrogen and oxygen atoms in total. The predicted octanol–water partition coefficient (Wildman–Crippen LogP) is 1.35. The fourth-order valence-electron chi connectivity index (χ4n) is 3.50. The van der Waals surface area contributed by atoms with Crippen molar-refractivity contribution in [3.05, 3.63) is 35.4 Å². The van der Waals surface area contributed by atoms with Crippen LogP contribution in [0.1, 0.15) is 42.9 Å². The minimum atomic E-state index is -3.22. The molecule has 3 rings (SSSR count). The minimum Gasteiger partial charge on any atom is -0.441 e. The van der Waals surface area contributed by atoms with Gasteiger partial charge in [0, 0.05) is 6.54 Å². The lowest BCUT2D eigenvalue weighted by atomic mass is 9.89. The quantitative estimate of drug-likeness (QED) is 0.741. The van der Waals surface area contributed by atoms with E-state index in [-0.39, 0.29) is 16.8 Å². The summed E-state index contributed by atoms with van der Waals surface area (Å²) in [6.07, 6.45) is -0.896. The largest absolute Gasteiger partial charge is 0.441 e. The third-order valence-corrected chi connectivity index (χ3v) is 6.61. The number of rotatable bonds is 4. The summed E-state index contributed by atoms with van der Waals surface area (Å²) in [5.41, 5.74) is 6.67. The van der Waals surface area contributed by atoms with Crippen LogP contribution in [0.3, 0.4) is 0 Å². The SMILES string of the molecule is CC(C(N)=O)C1OC(=O)N(F)C1c1ccc(C2CCCS(=O)(=O)NC2)cc1. The van der Waals surface area contributed by atoms with Crippen LogP contribution in [0.25, 0.3) is 0 Å². The number of ether oxygens (including phenoxy) is 1. The molecule has 27 heavy (non-hydrogen) atoms. The molecule has 2 heterocycles. The summed E-state index contributed by atoms with van der Waals surface area (Å²) in [4.78, 5) is 23.1. The van der Waals surface area contributed by atoms with Gasteiger partial charge in [0.2, 0.25) is 15.9 Å². The van der Waals surface area contributed by atoms with Gasteiger partial charge in [0.25, 0.3) is 0 Å². The third-order valence-electron chi connectivity index (χ3n) is 5.17. The zero-order chi connectivity index (χ0) is 19.8. The molecule has 0 radical (unpaired) electrons. The number of primary amides is 1. The van der Waals surface area contributed by atoms with Crippen molar-refractivity contribution in [1.82, 2.24) is 9.84 Å². The maximum Gasteiger partial charge on any atom is 0.439 e. The Hall–Kier alpha value is -2.20. The van der Waals surface area contributed by atoms with E-state index in [0.29, 0.717) is 24.9 Å². The molecule has 2 saturated heterocycles. The molecule has 0 aliphatic carbocycles. The molecule has 10 heteroatoms. The first-order chi connectivity index (χ1) is 12.7. The van der Waals surface area contributed by atoms with Gasteiger partial charge in [-0.05, 0) is 36.8 Å². The van der Waals surface area contributed by atoms with E-state index in [0.717, 1.165) is 5.56 Å². The summed E-state index contributed by atoms with van der Waals surface area (Å²) in [6.45, 7) is 1.79. The summed E-state index contributed by atoms with van der Waals surface area (Å²) in [5.74, 6) is -1.42. The highest BCUT2D eigenvalue weighted by atomic mass is 32.2. The number of nitrogens with two attached hydrogens (primary N) is 1. The Kier molecular flexibility index (Phi) is 5.38. The van der Waals surface area contributed by atoms with Crippen LogP contribution in [0.15, 0.2) is 24.3 Å². The lowest BCUT2D eigenvalue weighted by Crippen LogP contribution is -2.35. The number of halogens is 1. The van der Waals surface area contributed by atoms with E-state index in [1.165, 1.54) is 6.92 Å². The summed E-state index contributed by atoms with van der Waals surface area (Å²) in [6, 6.07) is 5.81. The smallest absolute Gasteiger partial charge is 0.439 e. The highest BCUT2D eigenvalue weighted by molar-refractivity contribution is 7.89. The van der Waals surface area contributed by atoms with Crippen molar-refractivity contribution in [2.75, 3.05) is 12.3 Å². The Bertz CT molecular complexity index is 829. The van der Waals surface area contributed by atoms with Gasteiger partial charge in [-0.3, -0.25) is 4.79 Å². The van der Waals surface area contributed by atoms with Crippen LogP contribution in [-0.4, -0.2) is 43.9 Å². The van der Waals surface area contributed by atoms with Crippen molar-refractivity contribution in [2.24, 2.45) is 11.7 Å². The molecule has 2 aliphatic heterocycles. The van der Waals surface area contributed by atoms with Gasteiger partial charge in [-0.2, -0.15) is 0 Å². The van der Waals surface area contributed by atoms with Crippen LogP contribution < -0.4 is 10.5 Å². The molecule has 2 aliphatic rings. The molecule has 0 bridgehead atoms. The molecule has 0 saturated carbocycles. The maximum absolute atomic E-state index is 14.3. The van der Waals surface area contributed by atoms with Crippen LogP contribution in [-0.2, 0) is 19.6 Å². The van der Waals surface area contributed by atoms with Crippen molar-refractivity contribution < 1.29 is 27.2 Å². The second-order valence-electron chi connectivity index (χ2n) is 6.97. The first-order valence-corrected chi connectivity index (χ1v) is 10.4. The number of benzene rings is 1. The lowest BCUT2D eigenvalue weighted by molar-refractivity contribution is -0.124. The molecule has 2 fully saturated rings. The Morgan fingerprint density at radius 3 is 2.59 bits per heavy atom. The molecule has 3 N–H and O–H groups in total. The van der Waals surface area contributed by atoms with Crippen LogP contribution >= 0.6 is 0 Å². The lowest BCUT2D eigenvalue weighted by Gasteiger charge is -2.23.